The smallest absolute Gasteiger partial charge is 0.272 e. The third-order valence-corrected chi connectivity index (χ3v) is 5.68. The van der Waals surface area contributed by atoms with E-state index < -0.39 is 0 Å². The predicted octanol–water partition coefficient (Wildman–Crippen LogP) is 3.86. The Bertz CT molecular complexity index is 1060. The predicted molar refractivity (Wildman–Crippen MR) is 105 cm³/mol. The summed E-state index contributed by atoms with van der Waals surface area (Å²) in [5.41, 5.74) is 0.952. The number of thiophene rings is 1. The standard InChI is InChI=1S/C19H16N2O3S2/c1-2-7-21-14-11-15-16(24-9-8-23-15)12-17(14)26-19(21)20-18(22)6-5-13-4-3-10-25-13/h2-6,10-12H,1,7-9H2/b6-5+,20-19?. The van der Waals surface area contributed by atoms with Crippen LogP contribution in [0.1, 0.15) is 4.88 Å². The SMILES string of the molecule is C=CCn1c(=NC(=O)/C=C/c2cccs2)sc2cc3c(cc21)OCCO3. The van der Waals surface area contributed by atoms with E-state index in [0.717, 1.165) is 26.6 Å². The fourth-order valence-electron chi connectivity index (χ4n) is 2.67. The highest BCUT2D eigenvalue weighted by Gasteiger charge is 2.16. The minimum absolute atomic E-state index is 0.292. The molecule has 132 valence electrons. The van der Waals surface area contributed by atoms with E-state index in [1.807, 2.05) is 34.2 Å². The molecule has 0 saturated carbocycles. The summed E-state index contributed by atoms with van der Waals surface area (Å²) >= 11 is 3.03. The van der Waals surface area contributed by atoms with E-state index in [0.29, 0.717) is 24.6 Å². The summed E-state index contributed by atoms with van der Waals surface area (Å²) in [7, 11) is 0. The van der Waals surface area contributed by atoms with Gasteiger partial charge < -0.3 is 14.0 Å². The van der Waals surface area contributed by atoms with Crippen LogP contribution in [0, 0.1) is 0 Å². The van der Waals surface area contributed by atoms with Crippen molar-refractivity contribution >= 4 is 44.9 Å². The normalized spacial score (nSPS) is 14.2. The fraction of sp³-hybridized carbons (Fsp3) is 0.158. The van der Waals surface area contributed by atoms with Gasteiger partial charge in [0.1, 0.15) is 13.2 Å². The van der Waals surface area contributed by atoms with E-state index >= 15 is 0 Å². The average molecular weight is 384 g/mol. The number of hydrogen-bond acceptors (Lipinski definition) is 5. The Morgan fingerprint density at radius 3 is 2.85 bits per heavy atom. The van der Waals surface area contributed by atoms with Crippen LogP contribution in [0.2, 0.25) is 0 Å². The van der Waals surface area contributed by atoms with Gasteiger partial charge in [-0.05, 0) is 17.5 Å². The van der Waals surface area contributed by atoms with Gasteiger partial charge in [-0.3, -0.25) is 4.79 Å². The number of rotatable bonds is 4. The van der Waals surface area contributed by atoms with Gasteiger partial charge in [-0.25, -0.2) is 0 Å². The van der Waals surface area contributed by atoms with Crippen LogP contribution in [0.4, 0.5) is 0 Å². The van der Waals surface area contributed by atoms with Crippen LogP contribution in [0.15, 0.2) is 53.4 Å². The number of aromatic nitrogens is 1. The molecule has 4 rings (SSSR count). The summed E-state index contributed by atoms with van der Waals surface area (Å²) in [6.07, 6.45) is 5.06. The van der Waals surface area contributed by atoms with Gasteiger partial charge in [-0.15, -0.1) is 17.9 Å². The molecule has 0 atom stereocenters. The summed E-state index contributed by atoms with van der Waals surface area (Å²) in [6.45, 7) is 5.44. The number of amides is 1. The van der Waals surface area contributed by atoms with E-state index in [9.17, 15) is 4.79 Å². The molecule has 1 aliphatic rings. The summed E-state index contributed by atoms with van der Waals surface area (Å²) < 4.78 is 14.3. The van der Waals surface area contributed by atoms with Gasteiger partial charge in [0.2, 0.25) is 0 Å². The second-order valence-corrected chi connectivity index (χ2v) is 7.53. The molecule has 0 N–H and O–H groups in total. The van der Waals surface area contributed by atoms with Crippen molar-refractivity contribution in [2.75, 3.05) is 13.2 Å². The fourth-order valence-corrected chi connectivity index (χ4v) is 4.34. The first kappa shape index (κ1) is 16.8. The van der Waals surface area contributed by atoms with E-state index in [1.54, 1.807) is 23.5 Å². The molecule has 0 unspecified atom stereocenters. The Balaban J connectivity index is 1.76. The number of ether oxygens (including phenoxy) is 2. The van der Waals surface area contributed by atoms with Crippen molar-refractivity contribution in [1.29, 1.82) is 0 Å². The van der Waals surface area contributed by atoms with Crippen molar-refractivity contribution in [2.45, 2.75) is 6.54 Å². The molecular formula is C19H16N2O3S2. The molecule has 0 fully saturated rings. The number of benzene rings is 1. The van der Waals surface area contributed by atoms with Crippen LogP contribution in [0.3, 0.4) is 0 Å². The molecule has 0 saturated heterocycles. The molecule has 26 heavy (non-hydrogen) atoms. The number of allylic oxidation sites excluding steroid dienone is 1. The first-order valence-corrected chi connectivity index (χ1v) is 9.78. The second-order valence-electron chi connectivity index (χ2n) is 5.55. The molecule has 1 aliphatic heterocycles. The second kappa shape index (κ2) is 7.31. The van der Waals surface area contributed by atoms with Gasteiger partial charge in [-0.2, -0.15) is 4.99 Å². The van der Waals surface area contributed by atoms with Crippen molar-refractivity contribution in [3.8, 4) is 11.5 Å². The zero-order chi connectivity index (χ0) is 17.9. The Labute approximate surface area is 158 Å². The molecular weight excluding hydrogens is 368 g/mol. The molecule has 3 aromatic rings. The minimum atomic E-state index is -0.292. The maximum Gasteiger partial charge on any atom is 0.272 e. The first-order valence-electron chi connectivity index (χ1n) is 8.09. The van der Waals surface area contributed by atoms with Gasteiger partial charge in [0.25, 0.3) is 5.91 Å². The maximum absolute atomic E-state index is 12.3. The van der Waals surface area contributed by atoms with Crippen molar-refractivity contribution in [3.05, 3.63) is 58.1 Å². The number of nitrogens with zero attached hydrogens (tertiary/aromatic N) is 2. The summed E-state index contributed by atoms with van der Waals surface area (Å²) in [5.74, 6) is 1.15. The Kier molecular flexibility index (Phi) is 4.73. The van der Waals surface area contributed by atoms with E-state index in [4.69, 9.17) is 9.47 Å². The van der Waals surface area contributed by atoms with Crippen molar-refractivity contribution in [1.82, 2.24) is 4.57 Å². The van der Waals surface area contributed by atoms with Crippen molar-refractivity contribution < 1.29 is 14.3 Å². The molecule has 1 aromatic carbocycles. The molecule has 1 amide bonds. The lowest BCUT2D eigenvalue weighted by molar-refractivity contribution is -0.113. The molecule has 7 heteroatoms. The molecule has 3 heterocycles. The number of thiazole rings is 1. The largest absolute Gasteiger partial charge is 0.486 e. The third-order valence-electron chi connectivity index (χ3n) is 3.80. The van der Waals surface area contributed by atoms with Crippen LogP contribution in [0.5, 0.6) is 11.5 Å². The Hall–Kier alpha value is -2.64. The van der Waals surface area contributed by atoms with Crippen LogP contribution in [-0.4, -0.2) is 23.7 Å². The lowest BCUT2D eigenvalue weighted by Gasteiger charge is -2.18. The first-order chi connectivity index (χ1) is 12.7. The van der Waals surface area contributed by atoms with Crippen LogP contribution < -0.4 is 14.3 Å². The highest BCUT2D eigenvalue weighted by Crippen LogP contribution is 2.35. The summed E-state index contributed by atoms with van der Waals surface area (Å²) in [6, 6.07) is 7.78. The maximum atomic E-state index is 12.3. The molecule has 5 nitrogen and oxygen atoms in total. The van der Waals surface area contributed by atoms with Gasteiger partial charge in [0.05, 0.1) is 10.2 Å². The lowest BCUT2D eigenvalue weighted by atomic mass is 10.2. The van der Waals surface area contributed by atoms with Crippen LogP contribution >= 0.6 is 22.7 Å². The lowest BCUT2D eigenvalue weighted by Crippen LogP contribution is -2.17. The Morgan fingerprint density at radius 2 is 2.12 bits per heavy atom. The average Bonchev–Trinajstić information content (AvgIpc) is 3.27. The van der Waals surface area contributed by atoms with Gasteiger partial charge >= 0.3 is 0 Å². The molecule has 2 aromatic heterocycles. The summed E-state index contributed by atoms with van der Waals surface area (Å²) in [4.78, 5) is 18.2. The molecule has 0 bridgehead atoms. The van der Waals surface area contributed by atoms with Crippen molar-refractivity contribution in [2.24, 2.45) is 4.99 Å². The topological polar surface area (TPSA) is 52.8 Å². The summed E-state index contributed by atoms with van der Waals surface area (Å²) in [5, 5.41) is 1.97. The van der Waals surface area contributed by atoms with E-state index in [-0.39, 0.29) is 5.91 Å². The van der Waals surface area contributed by atoms with Gasteiger partial charge in [0.15, 0.2) is 16.3 Å². The highest BCUT2D eigenvalue weighted by atomic mass is 32.1. The van der Waals surface area contributed by atoms with Gasteiger partial charge in [0, 0.05) is 29.6 Å². The highest BCUT2D eigenvalue weighted by molar-refractivity contribution is 7.16. The Morgan fingerprint density at radius 1 is 1.31 bits per heavy atom. The monoisotopic (exact) mass is 384 g/mol. The molecule has 0 radical (unpaired) electrons. The number of carbonyl (C=O) groups is 1. The van der Waals surface area contributed by atoms with Gasteiger partial charge in [-0.1, -0.05) is 23.5 Å². The number of hydrogen-bond donors (Lipinski definition) is 0. The number of fused-ring (bicyclic) bond motifs is 2. The van der Waals surface area contributed by atoms with Crippen LogP contribution in [-0.2, 0) is 11.3 Å². The zero-order valence-corrected chi connectivity index (χ0v) is 15.5. The number of carbonyl (C=O) groups excluding carboxylic acids is 1. The minimum Gasteiger partial charge on any atom is -0.486 e. The quantitative estimate of drug-likeness (QED) is 0.507. The zero-order valence-electron chi connectivity index (χ0n) is 13.9. The molecule has 0 spiro atoms. The molecule has 0 aliphatic carbocycles. The van der Waals surface area contributed by atoms with Crippen molar-refractivity contribution in [3.63, 3.8) is 0 Å². The van der Waals surface area contributed by atoms with E-state index in [2.05, 4.69) is 11.6 Å². The van der Waals surface area contributed by atoms with Crippen LogP contribution in [0.25, 0.3) is 16.3 Å². The third kappa shape index (κ3) is 3.36. The van der Waals surface area contributed by atoms with E-state index in [1.165, 1.54) is 17.4 Å².